The second-order valence-electron chi connectivity index (χ2n) is 3.80. The van der Waals surface area contributed by atoms with Gasteiger partial charge in [-0.1, -0.05) is 18.5 Å². The molecule has 0 saturated carbocycles. The summed E-state index contributed by atoms with van der Waals surface area (Å²) in [6, 6.07) is 7.49. The minimum absolute atomic E-state index is 0.566. The lowest BCUT2D eigenvalue weighted by atomic mass is 10.3. The summed E-state index contributed by atoms with van der Waals surface area (Å²) in [5, 5.41) is 3.81. The largest absolute Gasteiger partial charge is 0.339 e. The number of hydrogen-bond acceptors (Lipinski definition) is 5. The van der Waals surface area contributed by atoms with E-state index in [4.69, 9.17) is 17.4 Å². The molecule has 0 aliphatic carbocycles. The molecular weight excluding hydrogens is 377 g/mol. The van der Waals surface area contributed by atoms with Gasteiger partial charge in [-0.2, -0.15) is 0 Å². The highest BCUT2D eigenvalue weighted by molar-refractivity contribution is 14.1. The highest BCUT2D eigenvalue weighted by Gasteiger charge is 2.06. The number of aromatic nitrogens is 2. The maximum Gasteiger partial charge on any atom is 0.145 e. The van der Waals surface area contributed by atoms with Gasteiger partial charge in [0.2, 0.25) is 0 Å². The molecule has 4 N–H and O–H groups in total. The van der Waals surface area contributed by atoms with Crippen molar-refractivity contribution < 1.29 is 0 Å². The average molecular weight is 390 g/mol. The van der Waals surface area contributed by atoms with E-state index < -0.39 is 0 Å². The normalized spacial score (nSPS) is 10.3. The number of anilines is 3. The fraction of sp³-hybridized carbons (Fsp3) is 0.167. The smallest absolute Gasteiger partial charge is 0.145 e. The van der Waals surface area contributed by atoms with Gasteiger partial charge in [-0.3, -0.25) is 0 Å². The number of nitrogens with zero attached hydrogens (tertiary/aromatic N) is 2. The molecular formula is C12H13ClIN5. The Balaban J connectivity index is 2.31. The van der Waals surface area contributed by atoms with Crippen LogP contribution in [0.4, 0.5) is 17.3 Å². The third-order valence-electron chi connectivity index (χ3n) is 2.43. The van der Waals surface area contributed by atoms with Crippen molar-refractivity contribution in [2.45, 2.75) is 13.3 Å². The van der Waals surface area contributed by atoms with E-state index in [0.717, 1.165) is 15.7 Å². The molecule has 0 atom stereocenters. The minimum Gasteiger partial charge on any atom is -0.339 e. The van der Waals surface area contributed by atoms with E-state index in [1.165, 1.54) is 0 Å². The lowest BCUT2D eigenvalue weighted by Crippen LogP contribution is -2.11. The summed E-state index contributed by atoms with van der Waals surface area (Å²) in [7, 11) is 0. The molecule has 2 rings (SSSR count). The Morgan fingerprint density at radius 1 is 1.26 bits per heavy atom. The Morgan fingerprint density at radius 2 is 2.00 bits per heavy atom. The molecule has 0 unspecified atom stereocenters. The average Bonchev–Trinajstić information content (AvgIpc) is 2.41. The van der Waals surface area contributed by atoms with E-state index in [-0.39, 0.29) is 0 Å². The summed E-state index contributed by atoms with van der Waals surface area (Å²) < 4.78 is 1.08. The van der Waals surface area contributed by atoms with Gasteiger partial charge in [-0.25, -0.2) is 15.8 Å². The highest BCUT2D eigenvalue weighted by Crippen LogP contribution is 2.27. The van der Waals surface area contributed by atoms with Crippen molar-refractivity contribution in [3.8, 4) is 0 Å². The van der Waals surface area contributed by atoms with E-state index in [1.54, 1.807) is 6.07 Å². The summed E-state index contributed by atoms with van der Waals surface area (Å²) in [6.45, 7) is 1.98. The Hall–Kier alpha value is -1.12. The molecule has 1 aromatic carbocycles. The molecule has 1 aromatic heterocycles. The van der Waals surface area contributed by atoms with Gasteiger partial charge in [-0.05, 0) is 40.8 Å². The van der Waals surface area contributed by atoms with E-state index >= 15 is 0 Å². The van der Waals surface area contributed by atoms with Crippen LogP contribution in [0, 0.1) is 3.57 Å². The third kappa shape index (κ3) is 3.68. The fourth-order valence-corrected chi connectivity index (χ4v) is 2.43. The molecule has 0 aliphatic heterocycles. The van der Waals surface area contributed by atoms with E-state index in [0.29, 0.717) is 22.5 Å². The molecule has 7 heteroatoms. The maximum atomic E-state index is 6.18. The predicted octanol–water partition coefficient (Wildman–Crippen LogP) is 3.33. The number of hydrogen-bond donors (Lipinski definition) is 3. The molecule has 0 aliphatic rings. The number of aryl methyl sites for hydroxylation is 1. The van der Waals surface area contributed by atoms with Crippen LogP contribution < -0.4 is 16.6 Å². The number of hydrazine groups is 1. The van der Waals surface area contributed by atoms with Crippen LogP contribution in [-0.2, 0) is 6.42 Å². The second-order valence-corrected chi connectivity index (χ2v) is 5.45. The maximum absolute atomic E-state index is 6.18. The van der Waals surface area contributed by atoms with E-state index in [9.17, 15) is 0 Å². The number of rotatable bonds is 4. The lowest BCUT2D eigenvalue weighted by Gasteiger charge is -2.10. The zero-order chi connectivity index (χ0) is 13.8. The summed E-state index contributed by atoms with van der Waals surface area (Å²) in [6.07, 6.45) is 0.727. The van der Waals surface area contributed by atoms with Gasteiger partial charge >= 0.3 is 0 Å². The van der Waals surface area contributed by atoms with Crippen LogP contribution in [0.1, 0.15) is 12.7 Å². The van der Waals surface area contributed by atoms with E-state index in [1.807, 2.05) is 25.1 Å². The first-order chi connectivity index (χ1) is 9.12. The van der Waals surface area contributed by atoms with Crippen LogP contribution in [0.15, 0.2) is 24.3 Å². The van der Waals surface area contributed by atoms with Gasteiger partial charge in [0.1, 0.15) is 17.5 Å². The molecule has 0 radical (unpaired) electrons. The second kappa shape index (κ2) is 6.36. The molecule has 0 spiro atoms. The first kappa shape index (κ1) is 14.3. The third-order valence-corrected chi connectivity index (χ3v) is 3.41. The van der Waals surface area contributed by atoms with Crippen LogP contribution in [0.2, 0.25) is 5.02 Å². The first-order valence-corrected chi connectivity index (χ1v) is 7.14. The molecule has 0 amide bonds. The lowest BCUT2D eigenvalue weighted by molar-refractivity contribution is 0.941. The number of nitrogen functional groups attached to an aromatic ring is 1. The quantitative estimate of drug-likeness (QED) is 0.425. The molecule has 0 fully saturated rings. The summed E-state index contributed by atoms with van der Waals surface area (Å²) in [5.74, 6) is 7.32. The zero-order valence-electron chi connectivity index (χ0n) is 10.2. The van der Waals surface area contributed by atoms with Crippen LogP contribution in [0.5, 0.6) is 0 Å². The molecule has 2 aromatic rings. The van der Waals surface area contributed by atoms with Crippen LogP contribution >= 0.6 is 34.2 Å². The monoisotopic (exact) mass is 389 g/mol. The molecule has 0 bridgehead atoms. The number of benzene rings is 1. The van der Waals surface area contributed by atoms with Crippen molar-refractivity contribution >= 4 is 51.5 Å². The predicted molar refractivity (Wildman–Crippen MR) is 86.7 cm³/mol. The zero-order valence-corrected chi connectivity index (χ0v) is 13.2. The molecule has 0 saturated heterocycles. The van der Waals surface area contributed by atoms with Crippen molar-refractivity contribution in [1.82, 2.24) is 9.97 Å². The highest BCUT2D eigenvalue weighted by atomic mass is 127. The van der Waals surface area contributed by atoms with Crippen molar-refractivity contribution in [3.05, 3.63) is 38.7 Å². The fourth-order valence-electron chi connectivity index (χ4n) is 1.52. The van der Waals surface area contributed by atoms with Gasteiger partial charge in [-0.15, -0.1) is 0 Å². The molecule has 100 valence electrons. The molecule has 5 nitrogen and oxygen atoms in total. The van der Waals surface area contributed by atoms with Crippen molar-refractivity contribution in [3.63, 3.8) is 0 Å². The number of halogens is 2. The van der Waals surface area contributed by atoms with Crippen LogP contribution in [-0.4, -0.2) is 9.97 Å². The Bertz CT molecular complexity index is 568. The van der Waals surface area contributed by atoms with Gasteiger partial charge in [0.05, 0.1) is 10.7 Å². The Kier molecular flexibility index (Phi) is 4.78. The van der Waals surface area contributed by atoms with E-state index in [2.05, 4.69) is 43.3 Å². The van der Waals surface area contributed by atoms with Crippen molar-refractivity contribution in [2.24, 2.45) is 5.84 Å². The topological polar surface area (TPSA) is 75.9 Å². The van der Waals surface area contributed by atoms with Crippen LogP contribution in [0.25, 0.3) is 0 Å². The summed E-state index contributed by atoms with van der Waals surface area (Å²) in [5.41, 5.74) is 3.32. The number of nitrogens with two attached hydrogens (primary N) is 1. The summed E-state index contributed by atoms with van der Waals surface area (Å²) in [4.78, 5) is 8.61. The number of nitrogens with one attached hydrogen (secondary N) is 2. The van der Waals surface area contributed by atoms with Crippen molar-refractivity contribution in [1.29, 1.82) is 0 Å². The van der Waals surface area contributed by atoms with Gasteiger partial charge in [0.15, 0.2) is 0 Å². The molecule has 19 heavy (non-hydrogen) atoms. The Labute approximate surface area is 130 Å². The standard InChI is InChI=1S/C12H13ClIN5/c1-2-10-17-11(6-12(18-10)19-15)16-9-4-3-7(14)5-8(9)13/h3-6H,2,15H2,1H3,(H2,16,17,18,19). The minimum atomic E-state index is 0.566. The summed E-state index contributed by atoms with van der Waals surface area (Å²) >= 11 is 8.39. The van der Waals surface area contributed by atoms with Gasteiger partial charge in [0.25, 0.3) is 0 Å². The van der Waals surface area contributed by atoms with Crippen LogP contribution in [0.3, 0.4) is 0 Å². The first-order valence-electron chi connectivity index (χ1n) is 5.69. The molecule has 1 heterocycles. The van der Waals surface area contributed by atoms with Gasteiger partial charge < -0.3 is 10.7 Å². The van der Waals surface area contributed by atoms with Gasteiger partial charge in [0, 0.05) is 16.1 Å². The Morgan fingerprint density at radius 3 is 2.63 bits per heavy atom. The SMILES string of the molecule is CCc1nc(NN)cc(Nc2ccc(I)cc2Cl)n1. The van der Waals surface area contributed by atoms with Crippen molar-refractivity contribution in [2.75, 3.05) is 10.7 Å².